The van der Waals surface area contributed by atoms with Crippen molar-refractivity contribution in [2.45, 2.75) is 36.6 Å². The van der Waals surface area contributed by atoms with Gasteiger partial charge in [0.15, 0.2) is 0 Å². The average Bonchev–Trinajstić information content (AvgIpc) is 2.46. The van der Waals surface area contributed by atoms with Crippen LogP contribution >= 0.6 is 11.8 Å². The summed E-state index contributed by atoms with van der Waals surface area (Å²) in [5.41, 5.74) is 4.80. The fourth-order valence-electron chi connectivity index (χ4n) is 1.87. The molecule has 0 aliphatic rings. The molecule has 0 aliphatic carbocycles. The molecule has 1 aromatic rings. The largest absolute Gasteiger partial charge is 0.496 e. The van der Waals surface area contributed by atoms with Crippen LogP contribution in [0, 0.1) is 0 Å². The molecule has 0 saturated heterocycles. The summed E-state index contributed by atoms with van der Waals surface area (Å²) in [6, 6.07) is 8.00. The zero-order valence-corrected chi connectivity index (χ0v) is 13.3. The first-order chi connectivity index (χ1) is 9.53. The van der Waals surface area contributed by atoms with Gasteiger partial charge in [0.05, 0.1) is 12.6 Å². The number of amides is 1. The third-order valence-corrected chi connectivity index (χ3v) is 4.63. The van der Waals surface area contributed by atoms with Crippen LogP contribution in [0.3, 0.4) is 0 Å². The molecule has 0 heterocycles. The first kappa shape index (κ1) is 16.9. The fourth-order valence-corrected chi connectivity index (χ4v) is 2.91. The molecule has 1 unspecified atom stereocenters. The first-order valence-corrected chi connectivity index (χ1v) is 7.76. The Balaban J connectivity index is 2.34. The summed E-state index contributed by atoms with van der Waals surface area (Å²) in [7, 11) is 3.46. The van der Waals surface area contributed by atoms with E-state index in [2.05, 4.69) is 11.4 Å². The summed E-state index contributed by atoms with van der Waals surface area (Å²) >= 11 is 1.78. The standard InChI is InChI=1S/C15H24N2O2S/c1-15(17-2,14(16)18)10-6-7-11-20-13-9-5-4-8-12(13)19-3/h4-5,8-9,17H,6-7,10-11H2,1-3H3,(H2,16,18). The molecule has 0 fully saturated rings. The summed E-state index contributed by atoms with van der Waals surface area (Å²) in [6.07, 6.45) is 2.75. The van der Waals surface area contributed by atoms with E-state index in [0.717, 1.165) is 35.7 Å². The Morgan fingerprint density at radius 1 is 1.40 bits per heavy atom. The predicted molar refractivity (Wildman–Crippen MR) is 84.2 cm³/mol. The number of nitrogens with two attached hydrogens (primary N) is 1. The van der Waals surface area contributed by atoms with Crippen LogP contribution in [0.25, 0.3) is 0 Å². The summed E-state index contributed by atoms with van der Waals surface area (Å²) < 4.78 is 5.31. The second-order valence-electron chi connectivity index (χ2n) is 4.90. The van der Waals surface area contributed by atoms with Crippen molar-refractivity contribution >= 4 is 17.7 Å². The number of likely N-dealkylation sites (N-methyl/N-ethyl adjacent to an activating group) is 1. The molecule has 5 heteroatoms. The second kappa shape index (κ2) is 8.17. The number of benzene rings is 1. The maximum absolute atomic E-state index is 11.4. The third-order valence-electron chi connectivity index (χ3n) is 3.49. The minimum atomic E-state index is -0.602. The Kier molecular flexibility index (Phi) is 6.88. The van der Waals surface area contributed by atoms with E-state index in [-0.39, 0.29) is 5.91 Å². The molecule has 0 aromatic heterocycles. The number of hydrogen-bond donors (Lipinski definition) is 2. The number of ether oxygens (including phenoxy) is 1. The molecule has 1 rings (SSSR count). The van der Waals surface area contributed by atoms with Gasteiger partial charge in [-0.2, -0.15) is 0 Å². The monoisotopic (exact) mass is 296 g/mol. The van der Waals surface area contributed by atoms with E-state index in [0.29, 0.717) is 0 Å². The topological polar surface area (TPSA) is 64.3 Å². The van der Waals surface area contributed by atoms with E-state index in [1.54, 1.807) is 25.9 Å². The number of carbonyl (C=O) groups excluding carboxylic acids is 1. The Morgan fingerprint density at radius 2 is 2.10 bits per heavy atom. The maximum Gasteiger partial charge on any atom is 0.237 e. The summed E-state index contributed by atoms with van der Waals surface area (Å²) in [5.74, 6) is 1.62. The number of unbranched alkanes of at least 4 members (excludes halogenated alkanes) is 1. The molecule has 0 spiro atoms. The van der Waals surface area contributed by atoms with Crippen molar-refractivity contribution in [1.29, 1.82) is 0 Å². The van der Waals surface area contributed by atoms with Crippen molar-refractivity contribution in [3.63, 3.8) is 0 Å². The van der Waals surface area contributed by atoms with Gasteiger partial charge in [0.25, 0.3) is 0 Å². The number of thioether (sulfide) groups is 1. The number of carbonyl (C=O) groups is 1. The van der Waals surface area contributed by atoms with Gasteiger partial charge in [0, 0.05) is 4.90 Å². The highest BCUT2D eigenvalue weighted by atomic mass is 32.2. The van der Waals surface area contributed by atoms with Crippen molar-refractivity contribution < 1.29 is 9.53 Å². The number of primary amides is 1. The number of para-hydroxylation sites is 1. The van der Waals surface area contributed by atoms with Crippen molar-refractivity contribution in [2.24, 2.45) is 5.73 Å². The van der Waals surface area contributed by atoms with E-state index in [4.69, 9.17) is 10.5 Å². The lowest BCUT2D eigenvalue weighted by molar-refractivity contribution is -0.123. The molecule has 20 heavy (non-hydrogen) atoms. The van der Waals surface area contributed by atoms with Gasteiger partial charge in [-0.1, -0.05) is 18.6 Å². The molecule has 0 aliphatic heterocycles. The number of methoxy groups -OCH3 is 1. The van der Waals surface area contributed by atoms with Gasteiger partial charge in [-0.05, 0) is 44.7 Å². The highest BCUT2D eigenvalue weighted by Crippen LogP contribution is 2.29. The second-order valence-corrected chi connectivity index (χ2v) is 6.04. The van der Waals surface area contributed by atoms with E-state index in [1.165, 1.54) is 0 Å². The molecular weight excluding hydrogens is 272 g/mol. The van der Waals surface area contributed by atoms with Crippen LogP contribution in [0.1, 0.15) is 26.2 Å². The van der Waals surface area contributed by atoms with Crippen molar-refractivity contribution in [3.05, 3.63) is 24.3 Å². The van der Waals surface area contributed by atoms with E-state index < -0.39 is 5.54 Å². The Hall–Kier alpha value is -1.20. The van der Waals surface area contributed by atoms with Gasteiger partial charge in [-0.3, -0.25) is 4.79 Å². The Morgan fingerprint density at radius 3 is 2.70 bits per heavy atom. The van der Waals surface area contributed by atoms with E-state index in [1.807, 2.05) is 25.1 Å². The van der Waals surface area contributed by atoms with Gasteiger partial charge in [0.2, 0.25) is 5.91 Å². The zero-order chi connectivity index (χ0) is 15.0. The van der Waals surface area contributed by atoms with Crippen LogP contribution in [0.4, 0.5) is 0 Å². The molecule has 1 atom stereocenters. The quantitative estimate of drug-likeness (QED) is 0.542. The summed E-state index contributed by atoms with van der Waals surface area (Å²) in [5, 5.41) is 3.00. The van der Waals surface area contributed by atoms with Gasteiger partial charge in [-0.25, -0.2) is 0 Å². The van der Waals surface area contributed by atoms with E-state index >= 15 is 0 Å². The van der Waals surface area contributed by atoms with Gasteiger partial charge < -0.3 is 15.8 Å². The SMILES string of the molecule is CNC(C)(CCCCSc1ccccc1OC)C(N)=O. The van der Waals surface area contributed by atoms with E-state index in [9.17, 15) is 4.79 Å². The molecule has 4 nitrogen and oxygen atoms in total. The molecule has 0 saturated carbocycles. The number of hydrogen-bond acceptors (Lipinski definition) is 4. The minimum absolute atomic E-state index is 0.294. The average molecular weight is 296 g/mol. The number of rotatable bonds is 9. The molecular formula is C15H24N2O2S. The maximum atomic E-state index is 11.4. The molecule has 1 aromatic carbocycles. The van der Waals surface area contributed by atoms with Crippen LogP contribution in [-0.2, 0) is 4.79 Å². The van der Waals surface area contributed by atoms with Crippen LogP contribution in [0.15, 0.2) is 29.2 Å². The fraction of sp³-hybridized carbons (Fsp3) is 0.533. The molecule has 0 bridgehead atoms. The van der Waals surface area contributed by atoms with Crippen molar-refractivity contribution in [1.82, 2.24) is 5.32 Å². The highest BCUT2D eigenvalue weighted by molar-refractivity contribution is 7.99. The van der Waals surface area contributed by atoms with Gasteiger partial charge >= 0.3 is 0 Å². The molecule has 3 N–H and O–H groups in total. The lowest BCUT2D eigenvalue weighted by Gasteiger charge is -2.25. The van der Waals surface area contributed by atoms with Crippen LogP contribution in [0.5, 0.6) is 5.75 Å². The molecule has 0 radical (unpaired) electrons. The predicted octanol–water partition coefficient (Wildman–Crippen LogP) is 2.42. The highest BCUT2D eigenvalue weighted by Gasteiger charge is 2.27. The lowest BCUT2D eigenvalue weighted by Crippen LogP contribution is -2.51. The Labute approximate surface area is 125 Å². The summed E-state index contributed by atoms with van der Waals surface area (Å²) in [4.78, 5) is 12.5. The number of nitrogens with one attached hydrogen (secondary N) is 1. The van der Waals surface area contributed by atoms with Crippen molar-refractivity contribution in [3.8, 4) is 5.75 Å². The van der Waals surface area contributed by atoms with Crippen LogP contribution in [-0.4, -0.2) is 31.4 Å². The third kappa shape index (κ3) is 4.72. The van der Waals surface area contributed by atoms with Gasteiger partial charge in [0.1, 0.15) is 5.75 Å². The molecule has 1 amide bonds. The first-order valence-electron chi connectivity index (χ1n) is 6.78. The summed E-state index contributed by atoms with van der Waals surface area (Å²) in [6.45, 7) is 1.85. The van der Waals surface area contributed by atoms with Crippen LogP contribution in [0.2, 0.25) is 0 Å². The normalized spacial score (nSPS) is 13.8. The van der Waals surface area contributed by atoms with Crippen LogP contribution < -0.4 is 15.8 Å². The lowest BCUT2D eigenvalue weighted by atomic mass is 9.94. The smallest absolute Gasteiger partial charge is 0.237 e. The van der Waals surface area contributed by atoms with Crippen molar-refractivity contribution in [2.75, 3.05) is 19.9 Å². The van der Waals surface area contributed by atoms with Gasteiger partial charge in [-0.15, -0.1) is 11.8 Å². The zero-order valence-electron chi connectivity index (χ0n) is 12.4. The minimum Gasteiger partial charge on any atom is -0.496 e. The molecule has 112 valence electrons. The Bertz CT molecular complexity index is 440.